The third-order valence-corrected chi connectivity index (χ3v) is 3.08. The maximum Gasteiger partial charge on any atom is 0.142 e. The van der Waals surface area contributed by atoms with Gasteiger partial charge in [-0.3, -0.25) is 0 Å². The molecule has 0 amide bonds. The van der Waals surface area contributed by atoms with E-state index in [1.807, 2.05) is 18.2 Å². The minimum atomic E-state index is 0.0689. The Kier molecular flexibility index (Phi) is 4.82. The molecule has 0 aliphatic carbocycles. The van der Waals surface area contributed by atoms with Crippen molar-refractivity contribution in [3.63, 3.8) is 0 Å². The van der Waals surface area contributed by atoms with Gasteiger partial charge in [-0.05, 0) is 36.4 Å². The van der Waals surface area contributed by atoms with Crippen LogP contribution in [0.5, 0.6) is 11.5 Å². The number of benzene rings is 2. The number of phenols is 1. The van der Waals surface area contributed by atoms with Crippen molar-refractivity contribution >= 4 is 34.6 Å². The first-order valence-corrected chi connectivity index (χ1v) is 6.72. The van der Waals surface area contributed by atoms with Crippen LogP contribution in [0.4, 0.5) is 11.4 Å². The first-order chi connectivity index (χ1) is 9.56. The summed E-state index contributed by atoms with van der Waals surface area (Å²) in [6, 6.07) is 10.1. The molecule has 6 heteroatoms. The number of aromatic hydroxyl groups is 1. The van der Waals surface area contributed by atoms with Gasteiger partial charge in [0.1, 0.15) is 18.1 Å². The molecule has 1 aliphatic rings. The molecule has 1 heterocycles. The lowest BCUT2D eigenvalue weighted by Gasteiger charge is -2.18. The van der Waals surface area contributed by atoms with Gasteiger partial charge in [-0.2, -0.15) is 0 Å². The molecule has 0 radical (unpaired) electrons. The Morgan fingerprint density at radius 1 is 1.10 bits per heavy atom. The summed E-state index contributed by atoms with van der Waals surface area (Å²) >= 11 is 11.3. The van der Waals surface area contributed by atoms with Gasteiger partial charge >= 0.3 is 0 Å². The monoisotopic (exact) mass is 312 g/mol. The second kappa shape index (κ2) is 6.59. The van der Waals surface area contributed by atoms with Crippen LogP contribution in [0.25, 0.3) is 0 Å². The van der Waals surface area contributed by atoms with Gasteiger partial charge in [0, 0.05) is 16.6 Å². The van der Waals surface area contributed by atoms with Crippen molar-refractivity contribution < 1.29 is 9.84 Å². The fourth-order valence-corrected chi connectivity index (χ4v) is 1.99. The van der Waals surface area contributed by atoms with Crippen LogP contribution >= 0.6 is 23.2 Å². The van der Waals surface area contributed by atoms with Crippen molar-refractivity contribution in [3.05, 3.63) is 46.4 Å². The first kappa shape index (κ1) is 14.6. The number of ether oxygens (including phenoxy) is 1. The zero-order valence-corrected chi connectivity index (χ0v) is 12.1. The summed E-state index contributed by atoms with van der Waals surface area (Å²) in [5.74, 6) is 0.958. The third kappa shape index (κ3) is 3.85. The van der Waals surface area contributed by atoms with E-state index in [2.05, 4.69) is 5.32 Å². The smallest absolute Gasteiger partial charge is 0.142 e. The van der Waals surface area contributed by atoms with Crippen LogP contribution in [-0.4, -0.2) is 18.3 Å². The summed E-state index contributed by atoms with van der Waals surface area (Å²) in [5.41, 5.74) is 6.58. The zero-order valence-electron chi connectivity index (χ0n) is 10.6. The number of hydrogen-bond donors (Lipinski definition) is 3. The molecule has 20 heavy (non-hydrogen) atoms. The van der Waals surface area contributed by atoms with E-state index < -0.39 is 0 Å². The minimum absolute atomic E-state index is 0.0689. The maximum absolute atomic E-state index is 8.86. The van der Waals surface area contributed by atoms with Crippen molar-refractivity contribution in [1.82, 2.24) is 0 Å². The highest BCUT2D eigenvalue weighted by molar-refractivity contribution is 6.31. The summed E-state index contributed by atoms with van der Waals surface area (Å²) in [6.07, 6.45) is 0. The van der Waals surface area contributed by atoms with Crippen LogP contribution < -0.4 is 15.8 Å². The van der Waals surface area contributed by atoms with Crippen LogP contribution in [0.1, 0.15) is 0 Å². The van der Waals surface area contributed by atoms with E-state index in [1.54, 1.807) is 6.07 Å². The van der Waals surface area contributed by atoms with E-state index in [9.17, 15) is 0 Å². The van der Waals surface area contributed by atoms with Crippen molar-refractivity contribution in [2.75, 3.05) is 24.2 Å². The molecule has 2 aromatic carbocycles. The number of halogens is 2. The summed E-state index contributed by atoms with van der Waals surface area (Å²) in [4.78, 5) is 0. The molecule has 0 aromatic heterocycles. The van der Waals surface area contributed by atoms with Crippen molar-refractivity contribution in [2.45, 2.75) is 0 Å². The van der Waals surface area contributed by atoms with E-state index in [1.165, 1.54) is 12.1 Å². The van der Waals surface area contributed by atoms with E-state index in [0.717, 1.165) is 29.6 Å². The van der Waals surface area contributed by atoms with E-state index >= 15 is 0 Å². The highest BCUT2D eigenvalue weighted by atomic mass is 35.5. The number of fused-ring (bicyclic) bond motifs is 1. The summed E-state index contributed by atoms with van der Waals surface area (Å²) in [5, 5.41) is 13.3. The fourth-order valence-electron chi connectivity index (χ4n) is 1.64. The number of rotatable bonds is 0. The Morgan fingerprint density at radius 3 is 2.50 bits per heavy atom. The predicted octanol–water partition coefficient (Wildman–Crippen LogP) is 3.77. The Balaban J connectivity index is 0.000000151. The van der Waals surface area contributed by atoms with Crippen LogP contribution in [0.3, 0.4) is 0 Å². The van der Waals surface area contributed by atoms with Crippen LogP contribution in [0, 0.1) is 0 Å². The second-order valence-electron chi connectivity index (χ2n) is 4.12. The lowest BCUT2D eigenvalue weighted by Crippen LogP contribution is -2.17. The van der Waals surface area contributed by atoms with E-state index in [0.29, 0.717) is 10.7 Å². The van der Waals surface area contributed by atoms with Gasteiger partial charge in [-0.15, -0.1) is 0 Å². The number of nitrogens with one attached hydrogen (secondary N) is 1. The van der Waals surface area contributed by atoms with Crippen molar-refractivity contribution in [2.24, 2.45) is 0 Å². The second-order valence-corrected chi connectivity index (χ2v) is 4.99. The predicted molar refractivity (Wildman–Crippen MR) is 83.0 cm³/mol. The maximum atomic E-state index is 8.86. The Hall–Kier alpha value is -1.78. The van der Waals surface area contributed by atoms with E-state index in [-0.39, 0.29) is 5.75 Å². The minimum Gasteiger partial charge on any atom is -0.506 e. The quantitative estimate of drug-likeness (QED) is 0.511. The zero-order chi connectivity index (χ0) is 14.5. The molecular weight excluding hydrogens is 299 g/mol. The molecule has 0 fully saturated rings. The van der Waals surface area contributed by atoms with Crippen molar-refractivity contribution in [3.8, 4) is 11.5 Å². The molecule has 0 unspecified atom stereocenters. The standard InChI is InChI=1S/C8H8ClNO.C6H6ClNO/c9-6-1-2-8-7(5-6)10-3-4-11-8;7-4-1-2-6(9)5(8)3-4/h1-2,5,10H,3-4H2;1-3,9H,8H2. The van der Waals surface area contributed by atoms with Gasteiger partial charge in [-0.25, -0.2) is 0 Å². The van der Waals surface area contributed by atoms with Crippen LogP contribution in [0.2, 0.25) is 10.0 Å². The summed E-state index contributed by atoms with van der Waals surface area (Å²) < 4.78 is 5.36. The normalized spacial score (nSPS) is 12.3. The van der Waals surface area contributed by atoms with Gasteiger partial charge in [0.25, 0.3) is 0 Å². The molecule has 2 aromatic rings. The molecule has 0 atom stereocenters. The molecule has 0 spiro atoms. The molecule has 106 valence electrons. The lowest BCUT2D eigenvalue weighted by molar-refractivity contribution is 0.323. The van der Waals surface area contributed by atoms with Crippen LogP contribution in [-0.2, 0) is 0 Å². The highest BCUT2D eigenvalue weighted by Gasteiger charge is 2.08. The Labute approximate surface area is 127 Å². The Morgan fingerprint density at radius 2 is 1.80 bits per heavy atom. The first-order valence-electron chi connectivity index (χ1n) is 5.96. The number of nitrogen functional groups attached to an aromatic ring is 1. The molecular formula is C14H14Cl2N2O2. The number of anilines is 2. The molecule has 1 aliphatic heterocycles. The average Bonchev–Trinajstić information content (AvgIpc) is 2.44. The molecule has 0 saturated carbocycles. The van der Waals surface area contributed by atoms with Gasteiger partial charge in [0.05, 0.1) is 11.4 Å². The Bertz CT molecular complexity index is 606. The SMILES string of the molecule is Clc1ccc2c(c1)NCCO2.Nc1cc(Cl)ccc1O. The molecule has 3 rings (SSSR count). The number of phenolic OH excluding ortho intramolecular Hbond substituents is 1. The van der Waals surface area contributed by atoms with Gasteiger partial charge in [-0.1, -0.05) is 23.2 Å². The van der Waals surface area contributed by atoms with Gasteiger partial charge in [0.2, 0.25) is 0 Å². The topological polar surface area (TPSA) is 67.5 Å². The van der Waals surface area contributed by atoms with Crippen molar-refractivity contribution in [1.29, 1.82) is 0 Å². The summed E-state index contributed by atoms with van der Waals surface area (Å²) in [6.45, 7) is 1.59. The van der Waals surface area contributed by atoms with Gasteiger partial charge < -0.3 is 20.9 Å². The van der Waals surface area contributed by atoms with Crippen LogP contribution in [0.15, 0.2) is 36.4 Å². The van der Waals surface area contributed by atoms with E-state index in [4.69, 9.17) is 38.8 Å². The fraction of sp³-hybridized carbons (Fsp3) is 0.143. The molecule has 0 bridgehead atoms. The summed E-state index contributed by atoms with van der Waals surface area (Å²) in [7, 11) is 0. The number of hydrogen-bond acceptors (Lipinski definition) is 4. The molecule has 0 saturated heterocycles. The average molecular weight is 313 g/mol. The third-order valence-electron chi connectivity index (χ3n) is 2.61. The molecule has 4 nitrogen and oxygen atoms in total. The molecule has 4 N–H and O–H groups in total. The number of nitrogens with two attached hydrogens (primary N) is 1. The van der Waals surface area contributed by atoms with Gasteiger partial charge in [0.15, 0.2) is 0 Å². The highest BCUT2D eigenvalue weighted by Crippen LogP contribution is 2.29. The lowest BCUT2D eigenvalue weighted by atomic mass is 10.2. The largest absolute Gasteiger partial charge is 0.506 e.